The second kappa shape index (κ2) is 3.95. The van der Waals surface area contributed by atoms with Gasteiger partial charge < -0.3 is 15.0 Å². The van der Waals surface area contributed by atoms with Gasteiger partial charge in [0.05, 0.1) is 0 Å². The first kappa shape index (κ1) is 14.8. The van der Waals surface area contributed by atoms with Crippen molar-refractivity contribution in [1.29, 1.82) is 0 Å². The van der Waals surface area contributed by atoms with E-state index in [-0.39, 0.29) is 17.0 Å². The molecule has 1 spiro atoms. The number of hydrogen-bond acceptors (Lipinski definition) is 3. The van der Waals surface area contributed by atoms with Crippen LogP contribution in [0.3, 0.4) is 0 Å². The lowest BCUT2D eigenvalue weighted by Crippen LogP contribution is -2.65. The summed E-state index contributed by atoms with van der Waals surface area (Å²) in [4.78, 5) is 14.6. The third kappa shape index (κ3) is 2.29. The molecule has 0 bridgehead atoms. The van der Waals surface area contributed by atoms with E-state index in [0.717, 1.165) is 19.3 Å². The average Bonchev–Trinajstić information content (AvgIpc) is 2.37. The first-order valence-corrected chi connectivity index (χ1v) is 7.23. The maximum Gasteiger partial charge on any atom is 0.257 e. The van der Waals surface area contributed by atoms with E-state index in [1.54, 1.807) is 4.90 Å². The molecule has 2 saturated heterocycles. The van der Waals surface area contributed by atoms with Crippen LogP contribution < -0.4 is 5.32 Å². The van der Waals surface area contributed by atoms with E-state index in [2.05, 4.69) is 39.9 Å². The Morgan fingerprint density at radius 3 is 2.00 bits per heavy atom. The van der Waals surface area contributed by atoms with Gasteiger partial charge in [-0.1, -0.05) is 6.92 Å². The molecule has 2 aliphatic heterocycles. The van der Waals surface area contributed by atoms with Crippen molar-refractivity contribution < 1.29 is 9.53 Å². The van der Waals surface area contributed by atoms with Gasteiger partial charge in [0.15, 0.2) is 5.60 Å². The molecule has 110 valence electrons. The second-order valence-electron chi connectivity index (χ2n) is 7.74. The molecule has 4 nitrogen and oxygen atoms in total. The second-order valence-corrected chi connectivity index (χ2v) is 7.74. The largest absolute Gasteiger partial charge is 0.339 e. The monoisotopic (exact) mass is 268 g/mol. The van der Waals surface area contributed by atoms with Crippen molar-refractivity contribution >= 4 is 5.91 Å². The fraction of sp³-hybridized carbons (Fsp3) is 0.933. The maximum atomic E-state index is 12.8. The molecule has 2 aliphatic rings. The van der Waals surface area contributed by atoms with Crippen LogP contribution in [0, 0.1) is 0 Å². The van der Waals surface area contributed by atoms with Gasteiger partial charge in [-0.2, -0.15) is 0 Å². The van der Waals surface area contributed by atoms with Crippen LogP contribution in [0.15, 0.2) is 0 Å². The summed E-state index contributed by atoms with van der Waals surface area (Å²) >= 11 is 0. The van der Waals surface area contributed by atoms with Crippen molar-refractivity contribution in [2.45, 2.75) is 83.2 Å². The highest BCUT2D eigenvalue weighted by Gasteiger charge is 2.61. The number of likely N-dealkylation sites (N-methyl/N-ethyl adjacent to an activating group) is 1. The summed E-state index contributed by atoms with van der Waals surface area (Å²) in [5.74, 6) is 0.138. The van der Waals surface area contributed by atoms with Crippen LogP contribution in [0.2, 0.25) is 0 Å². The minimum absolute atomic E-state index is 0.1000. The lowest BCUT2D eigenvalue weighted by Gasteiger charge is -2.50. The minimum Gasteiger partial charge on any atom is -0.339 e. The number of ether oxygens (including phenoxy) is 1. The first-order valence-electron chi connectivity index (χ1n) is 7.23. The quantitative estimate of drug-likeness (QED) is 0.793. The molecule has 19 heavy (non-hydrogen) atoms. The molecule has 0 aromatic carbocycles. The van der Waals surface area contributed by atoms with E-state index < -0.39 is 11.3 Å². The molecule has 1 unspecified atom stereocenters. The topological polar surface area (TPSA) is 41.6 Å². The lowest BCUT2D eigenvalue weighted by molar-refractivity contribution is -0.162. The van der Waals surface area contributed by atoms with Crippen LogP contribution >= 0.6 is 0 Å². The van der Waals surface area contributed by atoms with Gasteiger partial charge in [0, 0.05) is 31.0 Å². The predicted octanol–water partition coefficient (Wildman–Crippen LogP) is 2.28. The van der Waals surface area contributed by atoms with Gasteiger partial charge in [0.1, 0.15) is 5.72 Å². The third-order valence-electron chi connectivity index (χ3n) is 4.61. The van der Waals surface area contributed by atoms with Crippen LogP contribution in [0.1, 0.15) is 60.8 Å². The summed E-state index contributed by atoms with van der Waals surface area (Å²) in [6.07, 6.45) is 2.26. The average molecular weight is 268 g/mol. The molecule has 0 aromatic rings. The summed E-state index contributed by atoms with van der Waals surface area (Å²) in [7, 11) is 1.86. The maximum absolute atomic E-state index is 12.8. The zero-order valence-electron chi connectivity index (χ0n) is 13.4. The number of hydrogen-bond donors (Lipinski definition) is 1. The van der Waals surface area contributed by atoms with Crippen LogP contribution in [0.5, 0.6) is 0 Å². The summed E-state index contributed by atoms with van der Waals surface area (Å²) < 4.78 is 6.36. The molecule has 1 atom stereocenters. The smallest absolute Gasteiger partial charge is 0.257 e. The standard InChI is InChI=1S/C15H28N2O2/c1-8-14(6)17(7)11(18)15(19-14)9-12(2,3)16-13(4,5)10-15/h16H,8-10H2,1-7H3. The Morgan fingerprint density at radius 1 is 1.16 bits per heavy atom. The summed E-state index contributed by atoms with van der Waals surface area (Å²) in [6.45, 7) is 12.7. The Hall–Kier alpha value is -0.610. The molecule has 1 N–H and O–H groups in total. The van der Waals surface area contributed by atoms with Crippen molar-refractivity contribution in [2.75, 3.05) is 7.05 Å². The number of amides is 1. The van der Waals surface area contributed by atoms with Gasteiger partial charge in [-0.15, -0.1) is 0 Å². The fourth-order valence-electron chi connectivity index (χ4n) is 4.08. The van der Waals surface area contributed by atoms with E-state index in [1.165, 1.54) is 0 Å². The zero-order chi connectivity index (χ0) is 14.7. The van der Waals surface area contributed by atoms with E-state index in [4.69, 9.17) is 4.74 Å². The van der Waals surface area contributed by atoms with E-state index in [0.29, 0.717) is 0 Å². The Balaban J connectivity index is 2.41. The highest BCUT2D eigenvalue weighted by Crippen LogP contribution is 2.47. The number of nitrogens with zero attached hydrogens (tertiary/aromatic N) is 1. The van der Waals surface area contributed by atoms with Crippen molar-refractivity contribution in [3.05, 3.63) is 0 Å². The van der Waals surface area contributed by atoms with Crippen molar-refractivity contribution in [3.63, 3.8) is 0 Å². The van der Waals surface area contributed by atoms with Gasteiger partial charge >= 0.3 is 0 Å². The van der Waals surface area contributed by atoms with Gasteiger partial charge in [-0.3, -0.25) is 4.79 Å². The third-order valence-corrected chi connectivity index (χ3v) is 4.61. The van der Waals surface area contributed by atoms with E-state index in [1.807, 2.05) is 14.0 Å². The number of piperidine rings is 1. The molecule has 2 fully saturated rings. The van der Waals surface area contributed by atoms with Gasteiger partial charge in [0.2, 0.25) is 0 Å². The Morgan fingerprint density at radius 2 is 1.63 bits per heavy atom. The van der Waals surface area contributed by atoms with E-state index >= 15 is 0 Å². The van der Waals surface area contributed by atoms with E-state index in [9.17, 15) is 4.79 Å². The first-order chi connectivity index (χ1) is 8.45. The molecular weight excluding hydrogens is 240 g/mol. The summed E-state index contributed by atoms with van der Waals surface area (Å²) in [5, 5.41) is 3.61. The molecule has 4 heteroatoms. The van der Waals surface area contributed by atoms with Gasteiger partial charge in [-0.05, 0) is 41.0 Å². The molecule has 1 amide bonds. The van der Waals surface area contributed by atoms with Crippen LogP contribution in [0.4, 0.5) is 0 Å². The fourth-order valence-corrected chi connectivity index (χ4v) is 4.08. The lowest BCUT2D eigenvalue weighted by atomic mass is 9.72. The Labute approximate surface area is 116 Å². The summed E-state index contributed by atoms with van der Waals surface area (Å²) in [5.41, 5.74) is -1.34. The van der Waals surface area contributed by atoms with Crippen molar-refractivity contribution in [1.82, 2.24) is 10.2 Å². The number of carbonyl (C=O) groups is 1. The normalized spacial score (nSPS) is 35.9. The van der Waals surface area contributed by atoms with Crippen molar-refractivity contribution in [3.8, 4) is 0 Å². The SMILES string of the molecule is CCC1(C)OC2(CC(C)(C)NC(C)(C)C2)C(=O)N1C. The Kier molecular flexibility index (Phi) is 3.08. The van der Waals surface area contributed by atoms with Crippen molar-refractivity contribution in [2.24, 2.45) is 0 Å². The Bertz CT molecular complexity index is 387. The molecule has 0 aliphatic carbocycles. The number of nitrogens with one attached hydrogen (secondary N) is 1. The minimum atomic E-state index is -0.669. The zero-order valence-corrected chi connectivity index (χ0v) is 13.4. The highest BCUT2D eigenvalue weighted by molar-refractivity contribution is 5.88. The van der Waals surface area contributed by atoms with Crippen LogP contribution in [0.25, 0.3) is 0 Å². The van der Waals surface area contributed by atoms with Gasteiger partial charge in [0.25, 0.3) is 5.91 Å². The molecule has 0 saturated carbocycles. The molecule has 0 aromatic heterocycles. The number of carbonyl (C=O) groups excluding carboxylic acids is 1. The predicted molar refractivity (Wildman–Crippen MR) is 75.8 cm³/mol. The molecule has 2 rings (SSSR count). The van der Waals surface area contributed by atoms with Crippen LogP contribution in [-0.4, -0.2) is 40.3 Å². The molecular formula is C15H28N2O2. The van der Waals surface area contributed by atoms with Gasteiger partial charge in [-0.25, -0.2) is 0 Å². The summed E-state index contributed by atoms with van der Waals surface area (Å²) in [6, 6.07) is 0. The molecule has 2 heterocycles. The highest BCUT2D eigenvalue weighted by atomic mass is 16.6. The van der Waals surface area contributed by atoms with Crippen LogP contribution in [-0.2, 0) is 9.53 Å². The number of rotatable bonds is 1. The molecule has 0 radical (unpaired) electrons.